The molecule has 2 aliphatic rings. The Morgan fingerprint density at radius 3 is 2.67 bits per heavy atom. The average Bonchev–Trinajstić information content (AvgIpc) is 3.39. The maximum Gasteiger partial charge on any atom is 0.324 e. The minimum atomic E-state index is -0.842. The van der Waals surface area contributed by atoms with Crippen molar-refractivity contribution in [3.8, 4) is 11.4 Å². The molecule has 9 heteroatoms. The second-order valence-electron chi connectivity index (χ2n) is 8.50. The molecule has 7 nitrogen and oxygen atoms in total. The van der Waals surface area contributed by atoms with Crippen LogP contribution in [-0.4, -0.2) is 64.7 Å². The fourth-order valence-electron chi connectivity index (χ4n) is 4.63. The number of aryl methyl sites for hydroxylation is 1. The largest absolute Gasteiger partial charge is 0.494 e. The number of benzene rings is 2. The Morgan fingerprint density at radius 1 is 1.09 bits per heavy atom. The van der Waals surface area contributed by atoms with E-state index in [9.17, 15) is 13.6 Å². The summed E-state index contributed by atoms with van der Waals surface area (Å²) in [5, 5.41) is 0. The minimum absolute atomic E-state index is 0.0264. The number of aromatic nitrogens is 2. The van der Waals surface area contributed by atoms with Gasteiger partial charge in [-0.25, -0.2) is 18.6 Å². The zero-order chi connectivity index (χ0) is 23.1. The third-order valence-electron chi connectivity index (χ3n) is 6.29. The summed E-state index contributed by atoms with van der Waals surface area (Å²) in [7, 11) is 1.61. The molecule has 3 aromatic rings. The lowest BCUT2D eigenvalue weighted by atomic mass is 10.1. The molecule has 2 amide bonds. The van der Waals surface area contributed by atoms with Gasteiger partial charge in [0, 0.05) is 50.7 Å². The summed E-state index contributed by atoms with van der Waals surface area (Å²) in [6, 6.07) is 9.72. The van der Waals surface area contributed by atoms with Gasteiger partial charge < -0.3 is 14.2 Å². The smallest absolute Gasteiger partial charge is 0.324 e. The molecule has 1 unspecified atom stereocenters. The van der Waals surface area contributed by atoms with Crippen LogP contribution in [0.15, 0.2) is 48.9 Å². The van der Waals surface area contributed by atoms with Crippen LogP contribution in [0.5, 0.6) is 5.75 Å². The lowest BCUT2D eigenvalue weighted by Gasteiger charge is -2.36. The highest BCUT2D eigenvalue weighted by Gasteiger charge is 2.41. The molecule has 0 saturated carbocycles. The van der Waals surface area contributed by atoms with Crippen LogP contribution < -0.4 is 9.64 Å². The highest BCUT2D eigenvalue weighted by molar-refractivity contribution is 5.95. The number of imidazole rings is 1. The standard InChI is InChI=1S/C24H25F2N5O2/c1-16-11-29(15-27-16)22-6-4-18(10-23(22)33-2)31-14-19-13-28(7-8-30(19)24(31)32)12-17-3-5-20(25)21(26)9-17/h3-6,9-11,15,19H,7-8,12-14H2,1-2H3. The van der Waals surface area contributed by atoms with E-state index >= 15 is 0 Å². The molecule has 2 aromatic carbocycles. The van der Waals surface area contributed by atoms with Crippen molar-refractivity contribution in [2.24, 2.45) is 0 Å². The van der Waals surface area contributed by atoms with Gasteiger partial charge in [-0.05, 0) is 36.8 Å². The molecule has 2 aliphatic heterocycles. The van der Waals surface area contributed by atoms with Gasteiger partial charge in [-0.3, -0.25) is 9.80 Å². The molecule has 0 bridgehead atoms. The van der Waals surface area contributed by atoms with Crippen LogP contribution in [0.3, 0.4) is 0 Å². The number of nitrogens with zero attached hydrogens (tertiary/aromatic N) is 5. The summed E-state index contributed by atoms with van der Waals surface area (Å²) < 4.78 is 34.3. The fourth-order valence-corrected chi connectivity index (χ4v) is 4.63. The Kier molecular flexibility index (Phi) is 5.49. The highest BCUT2D eigenvalue weighted by Crippen LogP contribution is 2.32. The lowest BCUT2D eigenvalue weighted by Crippen LogP contribution is -2.51. The fraction of sp³-hybridized carbons (Fsp3) is 0.333. The zero-order valence-corrected chi connectivity index (χ0v) is 18.5. The number of carbonyl (C=O) groups excluding carboxylic acids is 1. The van der Waals surface area contributed by atoms with E-state index in [0.29, 0.717) is 38.5 Å². The molecule has 1 aromatic heterocycles. The van der Waals surface area contributed by atoms with Crippen LogP contribution in [0.1, 0.15) is 11.3 Å². The van der Waals surface area contributed by atoms with E-state index in [1.165, 1.54) is 6.07 Å². The first-order chi connectivity index (χ1) is 15.9. The number of anilines is 1. The molecule has 2 saturated heterocycles. The Hall–Kier alpha value is -3.46. The SMILES string of the molecule is COc1cc(N2CC3CN(Cc4ccc(F)c(F)c4)CCN3C2=O)ccc1-n1cnc(C)c1. The van der Waals surface area contributed by atoms with Crippen molar-refractivity contribution in [3.63, 3.8) is 0 Å². The Morgan fingerprint density at radius 2 is 1.94 bits per heavy atom. The van der Waals surface area contributed by atoms with Crippen LogP contribution in [0, 0.1) is 18.6 Å². The summed E-state index contributed by atoms with van der Waals surface area (Å²) in [6.07, 6.45) is 3.65. The molecule has 0 N–H and O–H groups in total. The predicted molar refractivity (Wildman–Crippen MR) is 120 cm³/mol. The first kappa shape index (κ1) is 21.4. The van der Waals surface area contributed by atoms with Crippen molar-refractivity contribution in [1.29, 1.82) is 0 Å². The van der Waals surface area contributed by atoms with E-state index in [-0.39, 0.29) is 12.1 Å². The van der Waals surface area contributed by atoms with Gasteiger partial charge in [0.1, 0.15) is 5.75 Å². The number of amides is 2. The van der Waals surface area contributed by atoms with Crippen molar-refractivity contribution in [1.82, 2.24) is 19.4 Å². The number of urea groups is 1. The van der Waals surface area contributed by atoms with Gasteiger partial charge in [0.05, 0.1) is 30.9 Å². The van der Waals surface area contributed by atoms with E-state index in [2.05, 4.69) is 9.88 Å². The number of carbonyl (C=O) groups is 1. The van der Waals surface area contributed by atoms with Crippen molar-refractivity contribution in [3.05, 3.63) is 71.8 Å². The maximum absolute atomic E-state index is 13.6. The number of hydrogen-bond donors (Lipinski definition) is 0. The molecule has 33 heavy (non-hydrogen) atoms. The maximum atomic E-state index is 13.6. The number of hydrogen-bond acceptors (Lipinski definition) is 4. The van der Waals surface area contributed by atoms with Crippen molar-refractivity contribution in [2.75, 3.05) is 38.2 Å². The monoisotopic (exact) mass is 453 g/mol. The average molecular weight is 453 g/mol. The van der Waals surface area contributed by atoms with Gasteiger partial charge in [-0.1, -0.05) is 6.07 Å². The first-order valence-corrected chi connectivity index (χ1v) is 10.9. The van der Waals surface area contributed by atoms with Crippen LogP contribution in [0.2, 0.25) is 0 Å². The van der Waals surface area contributed by atoms with Crippen molar-refractivity contribution < 1.29 is 18.3 Å². The molecule has 0 aliphatic carbocycles. The number of ether oxygens (including phenoxy) is 1. The molecule has 172 valence electrons. The molecule has 1 atom stereocenters. The van der Waals surface area contributed by atoms with Crippen molar-refractivity contribution >= 4 is 11.7 Å². The lowest BCUT2D eigenvalue weighted by molar-refractivity contribution is 0.116. The third-order valence-corrected chi connectivity index (χ3v) is 6.29. The van der Waals surface area contributed by atoms with Gasteiger partial charge in [0.25, 0.3) is 0 Å². The van der Waals surface area contributed by atoms with Crippen molar-refractivity contribution in [2.45, 2.75) is 19.5 Å². The molecule has 5 rings (SSSR count). The summed E-state index contributed by atoms with van der Waals surface area (Å²) >= 11 is 0. The van der Waals surface area contributed by atoms with E-state index in [1.54, 1.807) is 24.4 Å². The molecule has 0 radical (unpaired) electrons. The Balaban J connectivity index is 1.31. The molecule has 0 spiro atoms. The Labute approximate surface area is 190 Å². The molecular formula is C24H25F2N5O2. The summed E-state index contributed by atoms with van der Waals surface area (Å²) in [6.45, 7) is 4.93. The van der Waals surface area contributed by atoms with E-state index in [0.717, 1.165) is 28.7 Å². The third kappa shape index (κ3) is 4.04. The molecular weight excluding hydrogens is 428 g/mol. The minimum Gasteiger partial charge on any atom is -0.494 e. The van der Waals surface area contributed by atoms with Gasteiger partial charge >= 0.3 is 6.03 Å². The molecule has 3 heterocycles. The Bertz CT molecular complexity index is 1200. The normalized spacial score (nSPS) is 18.7. The van der Waals surface area contributed by atoms with Gasteiger partial charge in [0.15, 0.2) is 11.6 Å². The number of halogens is 2. The van der Waals surface area contributed by atoms with Crippen LogP contribution >= 0.6 is 0 Å². The number of fused-ring (bicyclic) bond motifs is 1. The quantitative estimate of drug-likeness (QED) is 0.593. The second kappa shape index (κ2) is 8.47. The summed E-state index contributed by atoms with van der Waals surface area (Å²) in [5.74, 6) is -1.02. The van der Waals surface area contributed by atoms with Gasteiger partial charge in [0.2, 0.25) is 0 Å². The van der Waals surface area contributed by atoms with Gasteiger partial charge in [-0.2, -0.15) is 0 Å². The summed E-state index contributed by atoms with van der Waals surface area (Å²) in [5.41, 5.74) is 3.25. The molecule has 2 fully saturated rings. The van der Waals surface area contributed by atoms with Crippen LogP contribution in [-0.2, 0) is 6.54 Å². The highest BCUT2D eigenvalue weighted by atomic mass is 19.2. The number of piperazine rings is 1. The predicted octanol–water partition coefficient (Wildman–Crippen LogP) is 3.59. The van der Waals surface area contributed by atoms with Crippen LogP contribution in [0.25, 0.3) is 5.69 Å². The van der Waals surface area contributed by atoms with Gasteiger partial charge in [-0.15, -0.1) is 0 Å². The number of rotatable bonds is 5. The zero-order valence-electron chi connectivity index (χ0n) is 18.5. The first-order valence-electron chi connectivity index (χ1n) is 10.9. The summed E-state index contributed by atoms with van der Waals surface area (Å²) in [4.78, 5) is 23.2. The number of methoxy groups -OCH3 is 1. The van der Waals surface area contributed by atoms with E-state index < -0.39 is 11.6 Å². The van der Waals surface area contributed by atoms with Crippen LogP contribution in [0.4, 0.5) is 19.3 Å². The second-order valence-corrected chi connectivity index (χ2v) is 8.50. The topological polar surface area (TPSA) is 53.8 Å². The van der Waals surface area contributed by atoms with E-state index in [1.807, 2.05) is 40.8 Å². The van der Waals surface area contributed by atoms with E-state index in [4.69, 9.17) is 4.74 Å².